The van der Waals surface area contributed by atoms with E-state index in [9.17, 15) is 18.4 Å². The van der Waals surface area contributed by atoms with Gasteiger partial charge in [0.1, 0.15) is 0 Å². The maximum Gasteiger partial charge on any atom is 0.299 e. The predicted octanol–water partition coefficient (Wildman–Crippen LogP) is 2.80. The molecule has 0 saturated heterocycles. The highest BCUT2D eigenvalue weighted by atomic mass is 32.1. The predicted molar refractivity (Wildman–Crippen MR) is 71.1 cm³/mol. The molecule has 102 valence electrons. The summed E-state index contributed by atoms with van der Waals surface area (Å²) >= 11 is 1.54. The summed E-state index contributed by atoms with van der Waals surface area (Å²) < 4.78 is 26.4. The molecule has 3 rings (SSSR count). The van der Waals surface area contributed by atoms with E-state index < -0.39 is 23.3 Å². The van der Waals surface area contributed by atoms with E-state index in [0.29, 0.717) is 6.42 Å². The van der Waals surface area contributed by atoms with Crippen molar-refractivity contribution >= 4 is 28.7 Å². The number of benzene rings is 1. The maximum atomic E-state index is 13.3. The van der Waals surface area contributed by atoms with Crippen molar-refractivity contribution in [2.24, 2.45) is 0 Å². The van der Waals surface area contributed by atoms with E-state index >= 15 is 0 Å². The Morgan fingerprint density at radius 3 is 2.60 bits per heavy atom. The van der Waals surface area contributed by atoms with Crippen LogP contribution in [0.15, 0.2) is 29.6 Å². The van der Waals surface area contributed by atoms with Crippen molar-refractivity contribution < 1.29 is 18.4 Å². The van der Waals surface area contributed by atoms with E-state index in [-0.39, 0.29) is 17.8 Å². The average molecular weight is 293 g/mol. The van der Waals surface area contributed by atoms with Crippen LogP contribution in [-0.4, -0.2) is 18.2 Å². The lowest BCUT2D eigenvalue weighted by molar-refractivity contribution is -0.114. The summed E-state index contributed by atoms with van der Waals surface area (Å²) in [5.74, 6) is -3.70. The summed E-state index contributed by atoms with van der Waals surface area (Å²) in [5, 5.41) is 1.91. The molecule has 0 saturated carbocycles. The smallest absolute Gasteiger partial charge is 0.299 e. The molecule has 0 aliphatic carbocycles. The first kappa shape index (κ1) is 12.9. The van der Waals surface area contributed by atoms with E-state index in [1.54, 1.807) is 0 Å². The molecular weight excluding hydrogens is 284 g/mol. The van der Waals surface area contributed by atoms with Crippen molar-refractivity contribution in [2.75, 3.05) is 11.4 Å². The first-order valence-corrected chi connectivity index (χ1v) is 6.83. The lowest BCUT2D eigenvalue weighted by Crippen LogP contribution is -2.31. The van der Waals surface area contributed by atoms with Crippen molar-refractivity contribution in [2.45, 2.75) is 6.42 Å². The van der Waals surface area contributed by atoms with Crippen LogP contribution in [-0.2, 0) is 11.2 Å². The fraction of sp³-hybridized carbons (Fsp3) is 0.143. The minimum absolute atomic E-state index is 0.0694. The number of halogens is 2. The summed E-state index contributed by atoms with van der Waals surface area (Å²) in [6.07, 6.45) is 0.565. The molecule has 2 heterocycles. The number of carbonyl (C=O) groups is 2. The second kappa shape index (κ2) is 4.79. The number of fused-ring (bicyclic) bond motifs is 1. The van der Waals surface area contributed by atoms with Gasteiger partial charge >= 0.3 is 0 Å². The van der Waals surface area contributed by atoms with Gasteiger partial charge in [-0.05, 0) is 23.9 Å². The lowest BCUT2D eigenvalue weighted by Gasteiger charge is -2.15. The van der Waals surface area contributed by atoms with Crippen molar-refractivity contribution in [3.63, 3.8) is 0 Å². The molecule has 0 unspecified atom stereocenters. The minimum atomic E-state index is -1.12. The first-order chi connectivity index (χ1) is 9.58. The van der Waals surface area contributed by atoms with Gasteiger partial charge < -0.3 is 4.90 Å². The molecule has 3 nitrogen and oxygen atoms in total. The minimum Gasteiger partial charge on any atom is -0.304 e. The lowest BCUT2D eigenvalue weighted by atomic mass is 10.1. The number of nitrogens with zero attached hydrogens (tertiary/aromatic N) is 1. The Morgan fingerprint density at radius 2 is 1.90 bits per heavy atom. The van der Waals surface area contributed by atoms with Crippen LogP contribution in [0.1, 0.15) is 15.2 Å². The number of anilines is 1. The second-order valence-electron chi connectivity index (χ2n) is 4.40. The first-order valence-electron chi connectivity index (χ1n) is 5.95. The van der Waals surface area contributed by atoms with E-state index in [2.05, 4.69) is 0 Å². The molecule has 1 amide bonds. The van der Waals surface area contributed by atoms with Crippen molar-refractivity contribution in [1.29, 1.82) is 0 Å². The summed E-state index contributed by atoms with van der Waals surface area (Å²) in [6.45, 7) is 0.267. The fourth-order valence-electron chi connectivity index (χ4n) is 2.19. The van der Waals surface area contributed by atoms with Crippen LogP contribution < -0.4 is 4.90 Å². The van der Waals surface area contributed by atoms with Gasteiger partial charge in [0.15, 0.2) is 11.6 Å². The summed E-state index contributed by atoms with van der Waals surface area (Å²) in [6, 6.07) is 5.50. The number of amides is 1. The highest BCUT2D eigenvalue weighted by molar-refractivity contribution is 7.09. The Bertz CT molecular complexity index is 697. The summed E-state index contributed by atoms with van der Waals surface area (Å²) in [4.78, 5) is 25.9. The van der Waals surface area contributed by atoms with E-state index in [1.807, 2.05) is 17.5 Å². The van der Waals surface area contributed by atoms with Crippen molar-refractivity contribution in [3.8, 4) is 0 Å². The molecule has 0 radical (unpaired) electrons. The molecule has 0 N–H and O–H groups in total. The van der Waals surface area contributed by atoms with Crippen LogP contribution in [0.4, 0.5) is 14.5 Å². The van der Waals surface area contributed by atoms with Gasteiger partial charge in [-0.3, -0.25) is 9.59 Å². The van der Waals surface area contributed by atoms with Gasteiger partial charge in [-0.1, -0.05) is 6.07 Å². The van der Waals surface area contributed by atoms with Crippen LogP contribution in [0.2, 0.25) is 0 Å². The molecule has 1 aromatic heterocycles. The molecule has 0 fully saturated rings. The Kier molecular flexibility index (Phi) is 3.10. The van der Waals surface area contributed by atoms with Crippen molar-refractivity contribution in [3.05, 3.63) is 51.7 Å². The van der Waals surface area contributed by atoms with Gasteiger partial charge in [-0.25, -0.2) is 8.78 Å². The van der Waals surface area contributed by atoms with Gasteiger partial charge in [0.05, 0.1) is 11.3 Å². The van der Waals surface area contributed by atoms with Crippen LogP contribution in [0.5, 0.6) is 0 Å². The zero-order valence-electron chi connectivity index (χ0n) is 10.2. The average Bonchev–Trinajstić information content (AvgIpc) is 3.00. The Hall–Kier alpha value is -2.08. The maximum absolute atomic E-state index is 13.3. The van der Waals surface area contributed by atoms with Crippen LogP contribution in [0, 0.1) is 11.6 Å². The third kappa shape index (κ3) is 2.02. The molecule has 1 aromatic carbocycles. The monoisotopic (exact) mass is 293 g/mol. The third-order valence-electron chi connectivity index (χ3n) is 3.18. The SMILES string of the molecule is O=C1C(=O)N(CCc2cccs2)c2cc(F)c(F)cc21. The molecule has 0 bridgehead atoms. The second-order valence-corrected chi connectivity index (χ2v) is 5.43. The zero-order chi connectivity index (χ0) is 14.3. The van der Waals surface area contributed by atoms with Gasteiger partial charge in [-0.2, -0.15) is 0 Å². The number of hydrogen-bond acceptors (Lipinski definition) is 3. The highest BCUT2D eigenvalue weighted by Gasteiger charge is 2.36. The largest absolute Gasteiger partial charge is 0.304 e. The standard InChI is InChI=1S/C14H9F2NO2S/c15-10-6-9-12(7-11(10)16)17(14(19)13(9)18)4-3-8-2-1-5-20-8/h1-2,5-7H,3-4H2. The van der Waals surface area contributed by atoms with Crippen LogP contribution >= 0.6 is 11.3 Å². The Balaban J connectivity index is 1.91. The molecule has 0 atom stereocenters. The van der Waals surface area contributed by atoms with Gasteiger partial charge in [0.2, 0.25) is 0 Å². The Labute approximate surface area is 117 Å². The van der Waals surface area contributed by atoms with Crippen LogP contribution in [0.3, 0.4) is 0 Å². The fourth-order valence-corrected chi connectivity index (χ4v) is 2.89. The number of thiophene rings is 1. The topological polar surface area (TPSA) is 37.4 Å². The number of hydrogen-bond donors (Lipinski definition) is 0. The van der Waals surface area contributed by atoms with Gasteiger partial charge in [-0.15, -0.1) is 11.3 Å². The number of ketones is 1. The van der Waals surface area contributed by atoms with E-state index in [4.69, 9.17) is 0 Å². The normalized spacial score (nSPS) is 14.0. The molecule has 2 aromatic rings. The quantitative estimate of drug-likeness (QED) is 0.816. The van der Waals surface area contributed by atoms with Gasteiger partial charge in [0.25, 0.3) is 11.7 Å². The summed E-state index contributed by atoms with van der Waals surface area (Å²) in [5.41, 5.74) is 0.0792. The Morgan fingerprint density at radius 1 is 1.15 bits per heavy atom. The zero-order valence-corrected chi connectivity index (χ0v) is 11.0. The third-order valence-corrected chi connectivity index (χ3v) is 4.11. The number of Topliss-reactive ketones (excluding diaryl/α,β-unsaturated/α-hetero) is 1. The molecular formula is C14H9F2NO2S. The molecule has 0 spiro atoms. The molecule has 6 heteroatoms. The van der Waals surface area contributed by atoms with Gasteiger partial charge in [0, 0.05) is 17.5 Å². The molecule has 1 aliphatic rings. The molecule has 20 heavy (non-hydrogen) atoms. The van der Waals surface area contributed by atoms with E-state index in [0.717, 1.165) is 17.0 Å². The number of rotatable bonds is 3. The highest BCUT2D eigenvalue weighted by Crippen LogP contribution is 2.31. The van der Waals surface area contributed by atoms with E-state index in [1.165, 1.54) is 16.2 Å². The van der Waals surface area contributed by atoms with Crippen LogP contribution in [0.25, 0.3) is 0 Å². The molecule has 1 aliphatic heterocycles. The number of carbonyl (C=O) groups excluding carboxylic acids is 2. The van der Waals surface area contributed by atoms with Crippen molar-refractivity contribution in [1.82, 2.24) is 0 Å². The summed E-state index contributed by atoms with van der Waals surface area (Å²) in [7, 11) is 0.